The Balaban J connectivity index is 2.02. The number of halogens is 2. The summed E-state index contributed by atoms with van der Waals surface area (Å²) in [5, 5.41) is 9.23. The van der Waals surface area contributed by atoms with Crippen molar-refractivity contribution in [3.8, 4) is 5.75 Å². The first kappa shape index (κ1) is 12.9. The Bertz CT molecular complexity index is 578. The average molecular weight is 271 g/mol. The van der Waals surface area contributed by atoms with Crippen LogP contribution in [0.15, 0.2) is 45.3 Å². The van der Waals surface area contributed by atoms with E-state index in [2.05, 4.69) is 4.98 Å². The number of allylic oxidation sites excluding steroid dienone is 3. The van der Waals surface area contributed by atoms with Gasteiger partial charge in [-0.1, -0.05) is 5.57 Å². The molecule has 0 aromatic carbocycles. The number of H-pyrrole nitrogens is 1. The quantitative estimate of drug-likeness (QED) is 0.831. The molecule has 0 aliphatic heterocycles. The number of aromatic amines is 1. The van der Waals surface area contributed by atoms with Crippen molar-refractivity contribution in [3.05, 3.63) is 45.9 Å². The van der Waals surface area contributed by atoms with Crippen molar-refractivity contribution in [2.75, 3.05) is 5.75 Å². The fourth-order valence-electron chi connectivity index (χ4n) is 1.55. The molecule has 0 radical (unpaired) electrons. The highest BCUT2D eigenvalue weighted by Crippen LogP contribution is 2.30. The fraction of sp³-hybridized carbons (Fsp3) is 0.250. The minimum Gasteiger partial charge on any atom is -0.503 e. The zero-order valence-corrected chi connectivity index (χ0v) is 10.2. The van der Waals surface area contributed by atoms with Gasteiger partial charge in [0.25, 0.3) is 5.56 Å². The lowest BCUT2D eigenvalue weighted by Crippen LogP contribution is -2.03. The van der Waals surface area contributed by atoms with Crippen LogP contribution in [-0.4, -0.2) is 15.8 Å². The minimum atomic E-state index is -0.804. The maximum atomic E-state index is 13.0. The Morgan fingerprint density at radius 1 is 1.39 bits per heavy atom. The van der Waals surface area contributed by atoms with E-state index in [-0.39, 0.29) is 12.2 Å². The lowest BCUT2D eigenvalue weighted by molar-refractivity contribution is 0.464. The van der Waals surface area contributed by atoms with E-state index in [0.29, 0.717) is 17.1 Å². The summed E-state index contributed by atoms with van der Waals surface area (Å²) in [6.07, 6.45) is 3.26. The molecule has 96 valence electrons. The van der Waals surface area contributed by atoms with Crippen molar-refractivity contribution in [1.29, 1.82) is 0 Å². The van der Waals surface area contributed by atoms with Crippen LogP contribution in [0.4, 0.5) is 8.78 Å². The highest BCUT2D eigenvalue weighted by Gasteiger charge is 2.13. The molecule has 0 amide bonds. The highest BCUT2D eigenvalue weighted by atomic mass is 32.2. The molecule has 2 N–H and O–H groups in total. The van der Waals surface area contributed by atoms with Crippen molar-refractivity contribution < 1.29 is 13.9 Å². The Labute approximate surface area is 106 Å². The van der Waals surface area contributed by atoms with Gasteiger partial charge in [-0.25, -0.2) is 8.78 Å². The molecular weight excluding hydrogens is 260 g/mol. The third-order valence-electron chi connectivity index (χ3n) is 2.54. The first-order chi connectivity index (χ1) is 8.56. The molecule has 0 saturated carbocycles. The van der Waals surface area contributed by atoms with Crippen molar-refractivity contribution in [1.82, 2.24) is 4.98 Å². The Kier molecular flexibility index (Phi) is 3.86. The third-order valence-corrected chi connectivity index (χ3v) is 3.62. The third kappa shape index (κ3) is 3.01. The number of rotatable bonds is 3. The molecule has 1 aromatic heterocycles. The van der Waals surface area contributed by atoms with Gasteiger partial charge in [0.1, 0.15) is 5.83 Å². The van der Waals surface area contributed by atoms with Crippen LogP contribution in [0, 0.1) is 0 Å². The normalized spacial score (nSPS) is 15.8. The molecule has 6 heteroatoms. The van der Waals surface area contributed by atoms with E-state index in [9.17, 15) is 18.7 Å². The number of aromatic nitrogens is 1. The average Bonchev–Trinajstić information content (AvgIpc) is 2.35. The number of aromatic hydroxyl groups is 1. The number of hydrogen-bond acceptors (Lipinski definition) is 3. The van der Waals surface area contributed by atoms with Gasteiger partial charge in [-0.2, -0.15) is 0 Å². The molecule has 0 unspecified atom stereocenters. The van der Waals surface area contributed by atoms with Crippen LogP contribution in [0.5, 0.6) is 5.75 Å². The van der Waals surface area contributed by atoms with E-state index < -0.39 is 17.2 Å². The molecule has 0 bridgehead atoms. The van der Waals surface area contributed by atoms with Crippen molar-refractivity contribution in [3.63, 3.8) is 0 Å². The largest absolute Gasteiger partial charge is 0.503 e. The van der Waals surface area contributed by atoms with Crippen molar-refractivity contribution >= 4 is 11.8 Å². The monoisotopic (exact) mass is 271 g/mol. The van der Waals surface area contributed by atoms with E-state index in [4.69, 9.17) is 0 Å². The molecule has 1 aromatic rings. The standard InChI is InChI=1S/C12H11F2NO2S/c13-9-2-1-7(3-10(9)14)6-18-8-4-11(16)12(17)15-5-8/h3-5,16H,1-2,6H2,(H,15,17). The topological polar surface area (TPSA) is 53.1 Å². The zero-order chi connectivity index (χ0) is 13.1. The van der Waals surface area contributed by atoms with E-state index >= 15 is 0 Å². The molecular formula is C12H11F2NO2S. The molecule has 18 heavy (non-hydrogen) atoms. The number of pyridine rings is 1. The van der Waals surface area contributed by atoms with Crippen LogP contribution in [0.3, 0.4) is 0 Å². The summed E-state index contributed by atoms with van der Waals surface area (Å²) in [7, 11) is 0. The lowest BCUT2D eigenvalue weighted by atomic mass is 10.1. The van der Waals surface area contributed by atoms with Gasteiger partial charge < -0.3 is 10.1 Å². The van der Waals surface area contributed by atoms with Gasteiger partial charge in [0.05, 0.1) is 0 Å². The fourth-order valence-corrected chi connectivity index (χ4v) is 2.46. The van der Waals surface area contributed by atoms with Gasteiger partial charge in [-0.3, -0.25) is 4.79 Å². The summed E-state index contributed by atoms with van der Waals surface area (Å²) in [5.74, 6) is -1.37. The van der Waals surface area contributed by atoms with Gasteiger partial charge in [0, 0.05) is 29.3 Å². The van der Waals surface area contributed by atoms with Crippen LogP contribution in [0.2, 0.25) is 0 Å². The summed E-state index contributed by atoms with van der Waals surface area (Å²) in [5.41, 5.74) is 0.247. The predicted molar refractivity (Wildman–Crippen MR) is 66.0 cm³/mol. The maximum Gasteiger partial charge on any atom is 0.290 e. The second-order valence-corrected chi connectivity index (χ2v) is 4.94. The second-order valence-electron chi connectivity index (χ2n) is 3.89. The van der Waals surface area contributed by atoms with Gasteiger partial charge >= 0.3 is 0 Å². The summed E-state index contributed by atoms with van der Waals surface area (Å²) < 4.78 is 25.8. The Morgan fingerprint density at radius 2 is 2.17 bits per heavy atom. The minimum absolute atomic E-state index is 0.0924. The molecule has 0 atom stereocenters. The first-order valence-electron chi connectivity index (χ1n) is 5.34. The van der Waals surface area contributed by atoms with Crippen LogP contribution < -0.4 is 5.56 Å². The summed E-state index contributed by atoms with van der Waals surface area (Å²) in [4.78, 5) is 14.0. The summed E-state index contributed by atoms with van der Waals surface area (Å²) >= 11 is 1.34. The molecule has 1 aliphatic carbocycles. The summed E-state index contributed by atoms with van der Waals surface area (Å²) in [6, 6.07) is 1.35. The molecule has 0 fully saturated rings. The first-order valence-corrected chi connectivity index (χ1v) is 6.33. The second kappa shape index (κ2) is 5.39. The van der Waals surface area contributed by atoms with Gasteiger partial charge in [0.2, 0.25) is 0 Å². The summed E-state index contributed by atoms with van der Waals surface area (Å²) in [6.45, 7) is 0. The predicted octanol–water partition coefficient (Wildman–Crippen LogP) is 3.04. The molecule has 0 saturated heterocycles. The van der Waals surface area contributed by atoms with Gasteiger partial charge in [0.15, 0.2) is 11.6 Å². The highest BCUT2D eigenvalue weighted by molar-refractivity contribution is 7.99. The lowest BCUT2D eigenvalue weighted by Gasteiger charge is -2.11. The maximum absolute atomic E-state index is 13.0. The van der Waals surface area contributed by atoms with Gasteiger partial charge in [-0.05, 0) is 12.5 Å². The number of thioether (sulfide) groups is 1. The molecule has 1 aliphatic rings. The van der Waals surface area contributed by atoms with Crippen LogP contribution in [0.1, 0.15) is 12.8 Å². The van der Waals surface area contributed by atoms with Crippen LogP contribution in [-0.2, 0) is 0 Å². The van der Waals surface area contributed by atoms with Crippen molar-refractivity contribution in [2.24, 2.45) is 0 Å². The van der Waals surface area contributed by atoms with Crippen molar-refractivity contribution in [2.45, 2.75) is 17.7 Å². The molecule has 3 nitrogen and oxygen atoms in total. The Hall–Kier alpha value is -1.56. The van der Waals surface area contributed by atoms with E-state index in [1.54, 1.807) is 0 Å². The molecule has 1 heterocycles. The Morgan fingerprint density at radius 3 is 2.83 bits per heavy atom. The number of hydrogen-bond donors (Lipinski definition) is 2. The SMILES string of the molecule is O=c1[nH]cc(SCC2=CC(F)=C(F)CC2)cc1O. The van der Waals surface area contributed by atoms with Gasteiger partial charge in [-0.15, -0.1) is 11.8 Å². The van der Waals surface area contributed by atoms with E-state index in [0.717, 1.165) is 5.57 Å². The number of nitrogens with one attached hydrogen (secondary N) is 1. The molecule has 2 rings (SSSR count). The van der Waals surface area contributed by atoms with Crippen LogP contribution in [0.25, 0.3) is 0 Å². The molecule has 0 spiro atoms. The van der Waals surface area contributed by atoms with E-state index in [1.807, 2.05) is 0 Å². The zero-order valence-electron chi connectivity index (χ0n) is 9.37. The smallest absolute Gasteiger partial charge is 0.290 e. The van der Waals surface area contributed by atoms with Crippen LogP contribution >= 0.6 is 11.8 Å². The van der Waals surface area contributed by atoms with E-state index in [1.165, 1.54) is 30.1 Å².